The van der Waals surface area contributed by atoms with Gasteiger partial charge >= 0.3 is 11.8 Å². The van der Waals surface area contributed by atoms with E-state index in [1.165, 1.54) is 9.80 Å². The van der Waals surface area contributed by atoms with Crippen LogP contribution in [0.2, 0.25) is 0 Å². The van der Waals surface area contributed by atoms with E-state index in [1.807, 2.05) is 24.3 Å². The Morgan fingerprint density at radius 1 is 1.25 bits per heavy atom. The van der Waals surface area contributed by atoms with Crippen molar-refractivity contribution in [1.29, 1.82) is 0 Å². The molecule has 1 aromatic carbocycles. The second-order valence-corrected chi connectivity index (χ2v) is 4.72. The van der Waals surface area contributed by atoms with Gasteiger partial charge in [0.15, 0.2) is 0 Å². The van der Waals surface area contributed by atoms with Gasteiger partial charge in [-0.2, -0.15) is 0 Å². The summed E-state index contributed by atoms with van der Waals surface area (Å²) in [4.78, 5) is 26.2. The van der Waals surface area contributed by atoms with Crippen LogP contribution in [0.5, 0.6) is 5.75 Å². The maximum atomic E-state index is 11.7. The van der Waals surface area contributed by atoms with Crippen LogP contribution in [0.25, 0.3) is 0 Å². The summed E-state index contributed by atoms with van der Waals surface area (Å²) in [7, 11) is 1.63. The van der Waals surface area contributed by atoms with Gasteiger partial charge < -0.3 is 20.3 Å². The first-order valence-electron chi connectivity index (χ1n) is 6.58. The van der Waals surface area contributed by atoms with Crippen molar-refractivity contribution in [2.75, 3.05) is 33.3 Å². The van der Waals surface area contributed by atoms with Crippen LogP contribution in [-0.4, -0.2) is 54.9 Å². The molecule has 1 heterocycles. The second-order valence-electron chi connectivity index (χ2n) is 4.72. The highest BCUT2D eigenvalue weighted by Crippen LogP contribution is 2.13. The topological polar surface area (TPSA) is 75.9 Å². The molecule has 2 rings (SSSR count). The number of likely N-dealkylation sites (N-methyl/N-ethyl adjacent to an activating group) is 1. The van der Waals surface area contributed by atoms with Gasteiger partial charge in [-0.1, -0.05) is 12.1 Å². The summed E-state index contributed by atoms with van der Waals surface area (Å²) in [5, 5.41) is 0. The lowest BCUT2D eigenvalue weighted by Gasteiger charge is -2.31. The molecule has 0 aromatic heterocycles. The van der Waals surface area contributed by atoms with Gasteiger partial charge in [-0.25, -0.2) is 0 Å². The van der Waals surface area contributed by atoms with E-state index in [1.54, 1.807) is 7.05 Å². The van der Waals surface area contributed by atoms with Crippen molar-refractivity contribution in [2.24, 2.45) is 5.73 Å². The van der Waals surface area contributed by atoms with Crippen LogP contribution < -0.4 is 10.5 Å². The molecule has 0 spiro atoms. The number of amides is 2. The fraction of sp³-hybridized carbons (Fsp3) is 0.429. The number of hydrogen-bond donors (Lipinski definition) is 1. The third-order valence-corrected chi connectivity index (χ3v) is 3.29. The molecule has 0 saturated carbocycles. The van der Waals surface area contributed by atoms with Crippen molar-refractivity contribution in [3.05, 3.63) is 29.8 Å². The molecule has 1 aromatic rings. The van der Waals surface area contributed by atoms with E-state index in [0.717, 1.165) is 11.3 Å². The molecule has 1 saturated heterocycles. The lowest BCUT2D eigenvalue weighted by atomic mass is 10.2. The van der Waals surface area contributed by atoms with Crippen molar-refractivity contribution in [3.63, 3.8) is 0 Å². The van der Waals surface area contributed by atoms with E-state index in [0.29, 0.717) is 32.8 Å². The first-order valence-corrected chi connectivity index (χ1v) is 6.58. The number of nitrogens with zero attached hydrogens (tertiary/aromatic N) is 2. The van der Waals surface area contributed by atoms with Crippen LogP contribution in [-0.2, 0) is 16.1 Å². The summed E-state index contributed by atoms with van der Waals surface area (Å²) >= 11 is 0. The highest BCUT2D eigenvalue weighted by atomic mass is 16.5. The predicted octanol–water partition coefficient (Wildman–Crippen LogP) is -0.175. The molecular weight excluding hydrogens is 258 g/mol. The smallest absolute Gasteiger partial charge is 0.312 e. The van der Waals surface area contributed by atoms with Gasteiger partial charge in [0, 0.05) is 26.7 Å². The Hall–Kier alpha value is -2.08. The van der Waals surface area contributed by atoms with Crippen LogP contribution in [0.1, 0.15) is 5.56 Å². The van der Waals surface area contributed by atoms with Crippen LogP contribution in [0.4, 0.5) is 0 Å². The van der Waals surface area contributed by atoms with Gasteiger partial charge in [-0.05, 0) is 17.7 Å². The van der Waals surface area contributed by atoms with Crippen LogP contribution in [0.15, 0.2) is 24.3 Å². The van der Waals surface area contributed by atoms with E-state index in [-0.39, 0.29) is 0 Å². The lowest BCUT2D eigenvalue weighted by molar-refractivity contribution is -0.155. The van der Waals surface area contributed by atoms with Crippen LogP contribution in [0.3, 0.4) is 0 Å². The van der Waals surface area contributed by atoms with Crippen molar-refractivity contribution < 1.29 is 14.3 Å². The normalized spacial score (nSPS) is 15.7. The van der Waals surface area contributed by atoms with Crippen molar-refractivity contribution >= 4 is 11.8 Å². The molecule has 1 aliphatic rings. The molecule has 6 nitrogen and oxygen atoms in total. The predicted molar refractivity (Wildman–Crippen MR) is 74.0 cm³/mol. The molecule has 2 N–H and O–H groups in total. The quantitative estimate of drug-likeness (QED) is 0.758. The summed E-state index contributed by atoms with van der Waals surface area (Å²) in [6.07, 6.45) is 0. The maximum absolute atomic E-state index is 11.7. The second kappa shape index (κ2) is 6.38. The molecule has 2 amide bonds. The number of carbonyl (C=O) groups is 2. The van der Waals surface area contributed by atoms with Crippen molar-refractivity contribution in [3.8, 4) is 5.75 Å². The fourth-order valence-electron chi connectivity index (χ4n) is 2.02. The minimum Gasteiger partial charge on any atom is -0.492 e. The molecule has 6 heteroatoms. The average Bonchev–Trinajstić information content (AvgIpc) is 2.47. The maximum Gasteiger partial charge on any atom is 0.312 e. The molecule has 0 unspecified atom stereocenters. The lowest BCUT2D eigenvalue weighted by Crippen LogP contribution is -2.53. The summed E-state index contributed by atoms with van der Waals surface area (Å²) in [6.45, 7) is 2.34. The Bertz CT molecular complexity index is 504. The fourth-order valence-corrected chi connectivity index (χ4v) is 2.02. The summed E-state index contributed by atoms with van der Waals surface area (Å²) in [6, 6.07) is 7.52. The van der Waals surface area contributed by atoms with Crippen LogP contribution in [0, 0.1) is 0 Å². The third kappa shape index (κ3) is 3.27. The Kier molecular flexibility index (Phi) is 4.57. The molecule has 1 aliphatic heterocycles. The van der Waals surface area contributed by atoms with Crippen molar-refractivity contribution in [2.45, 2.75) is 6.54 Å². The van der Waals surface area contributed by atoms with E-state index in [9.17, 15) is 9.59 Å². The van der Waals surface area contributed by atoms with Gasteiger partial charge in [0.25, 0.3) is 0 Å². The standard InChI is InChI=1S/C14H19N3O3/c1-16-5-6-17(14(19)13(16)18)7-8-20-12-4-2-3-11(9-12)10-15/h2-4,9H,5-8,10,15H2,1H3. The van der Waals surface area contributed by atoms with Gasteiger partial charge in [0.1, 0.15) is 12.4 Å². The average molecular weight is 277 g/mol. The summed E-state index contributed by atoms with van der Waals surface area (Å²) in [5.74, 6) is -0.194. The van der Waals surface area contributed by atoms with E-state index in [4.69, 9.17) is 10.5 Å². The Morgan fingerprint density at radius 2 is 2.05 bits per heavy atom. The Balaban J connectivity index is 1.83. The highest BCUT2D eigenvalue weighted by Gasteiger charge is 2.29. The SMILES string of the molecule is CN1CCN(CCOc2cccc(CN)c2)C(=O)C1=O. The zero-order valence-corrected chi connectivity index (χ0v) is 11.5. The third-order valence-electron chi connectivity index (χ3n) is 3.29. The zero-order chi connectivity index (χ0) is 14.5. The minimum absolute atomic E-state index is 0.358. The monoisotopic (exact) mass is 277 g/mol. The van der Waals surface area contributed by atoms with Gasteiger partial charge in [0.05, 0.1) is 6.54 Å². The molecular formula is C14H19N3O3. The molecule has 0 radical (unpaired) electrons. The van der Waals surface area contributed by atoms with E-state index >= 15 is 0 Å². The highest BCUT2D eigenvalue weighted by molar-refractivity contribution is 6.35. The molecule has 0 bridgehead atoms. The number of piperazine rings is 1. The number of ether oxygens (including phenoxy) is 1. The number of hydrogen-bond acceptors (Lipinski definition) is 4. The molecule has 0 atom stereocenters. The molecule has 1 fully saturated rings. The molecule has 108 valence electrons. The van der Waals surface area contributed by atoms with E-state index in [2.05, 4.69) is 0 Å². The number of benzene rings is 1. The largest absolute Gasteiger partial charge is 0.492 e. The van der Waals surface area contributed by atoms with Crippen molar-refractivity contribution in [1.82, 2.24) is 9.80 Å². The first-order chi connectivity index (χ1) is 9.61. The Morgan fingerprint density at radius 3 is 2.80 bits per heavy atom. The number of rotatable bonds is 5. The summed E-state index contributed by atoms with van der Waals surface area (Å²) < 4.78 is 5.59. The summed E-state index contributed by atoms with van der Waals surface area (Å²) in [5.41, 5.74) is 6.55. The minimum atomic E-state index is -0.460. The van der Waals surface area contributed by atoms with Crippen LogP contribution >= 0.6 is 0 Å². The Labute approximate surface area is 118 Å². The first kappa shape index (κ1) is 14.3. The van der Waals surface area contributed by atoms with Gasteiger partial charge in [0.2, 0.25) is 0 Å². The van der Waals surface area contributed by atoms with Gasteiger partial charge in [-0.15, -0.1) is 0 Å². The number of carbonyl (C=O) groups excluding carboxylic acids is 2. The molecule has 0 aliphatic carbocycles. The zero-order valence-electron chi connectivity index (χ0n) is 11.5. The van der Waals surface area contributed by atoms with E-state index < -0.39 is 11.8 Å². The number of nitrogens with two attached hydrogens (primary N) is 1. The van der Waals surface area contributed by atoms with Gasteiger partial charge in [-0.3, -0.25) is 9.59 Å². The molecule has 20 heavy (non-hydrogen) atoms.